The minimum absolute atomic E-state index is 0.662. The van der Waals surface area contributed by atoms with Crippen LogP contribution in [0.5, 0.6) is 0 Å². The van der Waals surface area contributed by atoms with Crippen LogP contribution in [0.2, 0.25) is 39.3 Å². The van der Waals surface area contributed by atoms with Gasteiger partial charge in [0.25, 0.3) is 0 Å². The fraction of sp³-hybridized carbons (Fsp3) is 0.0444. The minimum atomic E-state index is -2.04. The Bertz CT molecular complexity index is 9210. The topological polar surface area (TPSA) is 116 Å². The van der Waals surface area contributed by atoms with Crippen molar-refractivity contribution in [2.75, 3.05) is 0 Å². The fourth-order valence-corrected chi connectivity index (χ4v) is 31.8. The quantitative estimate of drug-likeness (QED) is 0.0925. The molecule has 21 aromatic carbocycles. The number of hydrogen-bond donors (Lipinski definition) is 0. The summed E-state index contributed by atoms with van der Waals surface area (Å²) in [4.78, 5) is 46.7. The largest absolute Gasteiger partial charge is 0.208 e. The van der Waals surface area contributed by atoms with Crippen molar-refractivity contribution in [1.29, 1.82) is 0 Å². The molecule has 696 valence electrons. The molecular formula is C135H99N9Si3. The van der Waals surface area contributed by atoms with E-state index in [4.69, 9.17) is 44.9 Å². The summed E-state index contributed by atoms with van der Waals surface area (Å²) in [6.45, 7) is 14.7. The van der Waals surface area contributed by atoms with Gasteiger partial charge < -0.3 is 0 Å². The van der Waals surface area contributed by atoms with Crippen molar-refractivity contribution in [2.24, 2.45) is 0 Å². The minimum Gasteiger partial charge on any atom is -0.208 e. The smallest absolute Gasteiger partial charge is 0.164 e. The number of rotatable bonds is 15. The summed E-state index contributed by atoms with van der Waals surface area (Å²) in [6.07, 6.45) is 0. The Balaban J connectivity index is 0.000000115. The second kappa shape index (κ2) is 37.7. The first-order valence-electron chi connectivity index (χ1n) is 50.4. The van der Waals surface area contributed by atoms with E-state index in [1.807, 2.05) is 18.2 Å². The summed E-state index contributed by atoms with van der Waals surface area (Å²) in [6, 6.07) is 175. The maximum atomic E-state index is 5.32. The van der Waals surface area contributed by atoms with Crippen molar-refractivity contribution < 1.29 is 0 Å². The zero-order valence-corrected chi connectivity index (χ0v) is 85.3. The van der Waals surface area contributed by atoms with Crippen molar-refractivity contribution >= 4 is 87.7 Å². The van der Waals surface area contributed by atoms with Crippen LogP contribution < -0.4 is 31.1 Å². The van der Waals surface area contributed by atoms with Crippen LogP contribution >= 0.6 is 0 Å². The Morgan fingerprint density at radius 2 is 0.381 bits per heavy atom. The van der Waals surface area contributed by atoms with E-state index in [0.717, 1.165) is 82.9 Å². The summed E-state index contributed by atoms with van der Waals surface area (Å²) in [5.41, 5.74) is 31.0. The third-order valence-corrected chi connectivity index (χ3v) is 40.5. The van der Waals surface area contributed by atoms with Crippen molar-refractivity contribution in [3.05, 3.63) is 491 Å². The van der Waals surface area contributed by atoms with Crippen molar-refractivity contribution in [3.63, 3.8) is 0 Å². The first-order chi connectivity index (χ1) is 72.1. The van der Waals surface area contributed by atoms with Crippen LogP contribution in [0.4, 0.5) is 0 Å². The van der Waals surface area contributed by atoms with E-state index < -0.39 is 24.2 Å². The van der Waals surface area contributed by atoms with Gasteiger partial charge in [0.15, 0.2) is 52.4 Å². The molecule has 3 aliphatic heterocycles. The van der Waals surface area contributed by atoms with Gasteiger partial charge in [-0.05, 0) is 200 Å². The maximum absolute atomic E-state index is 5.32. The highest BCUT2D eigenvalue weighted by atomic mass is 28.3. The van der Waals surface area contributed by atoms with Gasteiger partial charge in [0.2, 0.25) is 0 Å². The zero-order valence-electron chi connectivity index (χ0n) is 82.3. The second-order valence-corrected chi connectivity index (χ2v) is 52.8. The Hall–Kier alpha value is -17.9. The molecule has 0 atom stereocenters. The Morgan fingerprint density at radius 3 is 0.837 bits per heavy atom. The van der Waals surface area contributed by atoms with Crippen LogP contribution in [0.15, 0.2) is 491 Å². The highest BCUT2D eigenvalue weighted by Crippen LogP contribution is 2.44. The Morgan fingerprint density at radius 1 is 0.129 bits per heavy atom. The molecule has 0 aliphatic carbocycles. The predicted molar refractivity (Wildman–Crippen MR) is 620 cm³/mol. The number of nitrogens with zero attached hydrogens (tertiary/aromatic N) is 9. The molecule has 3 aliphatic rings. The lowest BCUT2D eigenvalue weighted by atomic mass is 9.94. The molecule has 0 bridgehead atoms. The molecule has 0 N–H and O–H groups in total. The maximum Gasteiger partial charge on any atom is 0.164 e. The summed E-state index contributed by atoms with van der Waals surface area (Å²) in [7, 11) is -5.68. The van der Waals surface area contributed by atoms with Gasteiger partial charge in [-0.25, -0.2) is 44.9 Å². The molecule has 0 fully saturated rings. The summed E-state index contributed by atoms with van der Waals surface area (Å²) >= 11 is 0. The van der Waals surface area contributed by atoms with E-state index in [1.54, 1.807) is 0 Å². The molecule has 0 saturated carbocycles. The molecule has 9 nitrogen and oxygen atoms in total. The van der Waals surface area contributed by atoms with E-state index >= 15 is 0 Å². The first-order valence-corrected chi connectivity index (χ1v) is 59.4. The van der Waals surface area contributed by atoms with Crippen LogP contribution in [0.1, 0.15) is 0 Å². The highest BCUT2D eigenvalue weighted by molar-refractivity contribution is 7.05. The first kappa shape index (κ1) is 90.4. The van der Waals surface area contributed by atoms with Gasteiger partial charge in [-0.15, -0.1) is 0 Å². The fourth-order valence-electron chi connectivity index (χ4n) is 22.2. The third kappa shape index (κ3) is 17.0. The van der Waals surface area contributed by atoms with Gasteiger partial charge in [-0.3, -0.25) is 0 Å². The van der Waals surface area contributed by atoms with Crippen molar-refractivity contribution in [2.45, 2.75) is 39.3 Å². The normalized spacial score (nSPS) is 12.9. The summed E-state index contributed by atoms with van der Waals surface area (Å²) in [5.74, 6) is 6.10. The van der Waals surface area contributed by atoms with Gasteiger partial charge in [-0.1, -0.05) is 494 Å². The van der Waals surface area contributed by atoms with Gasteiger partial charge in [0.05, 0.1) is 0 Å². The van der Waals surface area contributed by atoms with Crippen molar-refractivity contribution in [1.82, 2.24) is 44.9 Å². The molecule has 0 spiro atoms. The average molecular weight is 1930 g/mol. The predicted octanol–water partition coefficient (Wildman–Crippen LogP) is 30.5. The van der Waals surface area contributed by atoms with Gasteiger partial charge in [0.1, 0.15) is 24.2 Å². The number of benzene rings is 21. The van der Waals surface area contributed by atoms with E-state index in [2.05, 4.69) is 512 Å². The third-order valence-electron chi connectivity index (χ3n) is 29.8. The summed E-state index contributed by atoms with van der Waals surface area (Å²) in [5, 5.41) is 15.7. The molecule has 3 aromatic heterocycles. The Labute approximate surface area is 859 Å². The lowest BCUT2D eigenvalue weighted by molar-refractivity contribution is 1.07. The number of hydrogen-bond acceptors (Lipinski definition) is 9. The Kier molecular flexibility index (Phi) is 23.2. The molecule has 6 heterocycles. The molecule has 0 unspecified atom stereocenters. The van der Waals surface area contributed by atoms with E-state index in [-0.39, 0.29) is 0 Å². The van der Waals surface area contributed by atoms with Crippen LogP contribution in [0.25, 0.3) is 235 Å². The molecule has 24 aromatic rings. The van der Waals surface area contributed by atoms with Crippen LogP contribution in [-0.4, -0.2) is 69.1 Å². The van der Waals surface area contributed by atoms with Crippen LogP contribution in [-0.2, 0) is 0 Å². The number of fused-ring (bicyclic) bond motifs is 12. The van der Waals surface area contributed by atoms with Crippen molar-refractivity contribution in [3.8, 4) is 203 Å². The van der Waals surface area contributed by atoms with E-state index in [0.29, 0.717) is 52.4 Å². The highest BCUT2D eigenvalue weighted by Gasteiger charge is 2.42. The second-order valence-electron chi connectivity index (χ2n) is 39.8. The molecular weight excluding hydrogens is 1830 g/mol. The molecule has 12 heteroatoms. The van der Waals surface area contributed by atoms with E-state index in [1.165, 1.54) is 131 Å². The van der Waals surface area contributed by atoms with Crippen LogP contribution in [0, 0.1) is 0 Å². The summed E-state index contributed by atoms with van der Waals surface area (Å²) < 4.78 is 0. The lowest BCUT2D eigenvalue weighted by Gasteiger charge is -2.22. The molecule has 0 amide bonds. The molecule has 147 heavy (non-hydrogen) atoms. The zero-order chi connectivity index (χ0) is 98.9. The standard InChI is InChI=1S/3C45H33N3Si/c1-49(2)41-23-12-11-20-37(41)38-21-13-22-40(42(38)49)45-47-43(33-26-24-31(25-27-33)30-14-5-3-6-15-30)46-44(48-45)39-29-28-34(32-16-7-4-8-17-32)35-18-9-10-19-36(35)39;1-49(2)40-18-10-9-16-38(40)42-39(17-11-19-41(42)49)45-47-43(33-22-20-32(21-23-33)30-12-5-3-6-13-30)46-44(48-45)37-27-26-35-28-34(24-25-36(35)29-37)31-14-7-4-8-15-31;1-49(2)41-16-10-9-15-39(41)40-29-38(25-26-42(40)49)45-47-43(33-19-17-32(18-20-33)30-11-5-3-6-12-30)46-44(48-45)37-24-23-35-27-34(21-22-36(35)28-37)31-13-7-4-8-14-31/h3*3-29H,1-2H3. The lowest BCUT2D eigenvalue weighted by Crippen LogP contribution is -2.50. The molecule has 0 radical (unpaired) electrons. The van der Waals surface area contributed by atoms with Gasteiger partial charge >= 0.3 is 0 Å². The number of aromatic nitrogens is 9. The monoisotopic (exact) mass is 1930 g/mol. The van der Waals surface area contributed by atoms with E-state index in [9.17, 15) is 0 Å². The molecule has 0 saturated heterocycles. The van der Waals surface area contributed by atoms with Crippen LogP contribution in [0.3, 0.4) is 0 Å². The SMILES string of the molecule is C[Si]1(C)c2ccccc2-c2c(-c3nc(-c4ccc(-c5ccccc5)cc4)nc(-c4ccc5cc(-c6ccccc6)ccc5c4)n3)cccc21.C[Si]1(C)c2ccccc2-c2cc(-c3nc(-c4ccc(-c5ccccc5)cc4)nc(-c4ccc5cc(-c6ccccc6)ccc5c4)n3)ccc21.C[Si]1(C)c2ccccc2-c2cccc(-c3nc(-c4ccc(-c5ccccc5)cc4)nc(-c4ccc(-c5ccccc5)c5ccccc45)n3)c21. The average Bonchev–Trinajstić information content (AvgIpc) is 1.59. The molecule has 27 rings (SSSR count). The van der Waals surface area contributed by atoms with Gasteiger partial charge in [0, 0.05) is 50.1 Å². The van der Waals surface area contributed by atoms with Gasteiger partial charge in [-0.2, -0.15) is 0 Å².